The van der Waals surface area contributed by atoms with Gasteiger partial charge in [-0.1, -0.05) is 5.92 Å². The summed E-state index contributed by atoms with van der Waals surface area (Å²) in [4.78, 5) is 22.0. The highest BCUT2D eigenvalue weighted by Gasteiger charge is 2.23. The maximum Gasteiger partial charge on any atom is 0.425 e. The molecule has 0 heterocycles. The van der Waals surface area contributed by atoms with E-state index < -0.39 is 24.2 Å². The topological polar surface area (TPSA) is 78.9 Å². The lowest BCUT2D eigenvalue weighted by atomic mass is 10.2. The summed E-state index contributed by atoms with van der Waals surface area (Å²) < 4.78 is 4.99. The molecule has 0 spiro atoms. The molecule has 2 N–H and O–H groups in total. The third-order valence-electron chi connectivity index (χ3n) is 1.28. The Hall–Kier alpha value is -1.74. The number of nitrogens with one attached hydrogen (secondary N) is 1. The van der Waals surface area contributed by atoms with Gasteiger partial charge in [0.15, 0.2) is 0 Å². The van der Waals surface area contributed by atoms with Gasteiger partial charge in [-0.05, 0) is 20.8 Å². The number of terminal acetylenes is 1. The fourth-order valence-corrected chi connectivity index (χ4v) is 0.778. The predicted molar refractivity (Wildman–Crippen MR) is 57.4 cm³/mol. The summed E-state index contributed by atoms with van der Waals surface area (Å²) in [7, 11) is 0. The van der Waals surface area contributed by atoms with Crippen molar-refractivity contribution in [1.29, 1.82) is 0 Å². The van der Waals surface area contributed by atoms with Crippen molar-refractivity contribution in [3.8, 4) is 12.3 Å². The van der Waals surface area contributed by atoms with Crippen LogP contribution in [0.15, 0.2) is 0 Å². The number of carboxylic acid groups (broad SMARTS) is 1. The molecule has 0 bridgehead atoms. The van der Waals surface area contributed by atoms with E-state index in [1.807, 2.05) is 0 Å². The van der Waals surface area contributed by atoms with Crippen molar-refractivity contribution >= 4 is 12.1 Å². The van der Waals surface area contributed by atoms with Crippen LogP contribution in [0.25, 0.3) is 0 Å². The monoisotopic (exact) mass is 228 g/mol. The second kappa shape index (κ2) is 5.98. The van der Waals surface area contributed by atoms with Gasteiger partial charge in [-0.3, -0.25) is 4.79 Å². The molecule has 6 nitrogen and oxygen atoms in total. The molecule has 0 saturated heterocycles. The number of hydrazine groups is 1. The number of amides is 1. The van der Waals surface area contributed by atoms with Gasteiger partial charge in [-0.25, -0.2) is 15.2 Å². The Morgan fingerprint density at radius 1 is 1.50 bits per heavy atom. The Kier molecular flexibility index (Phi) is 5.33. The van der Waals surface area contributed by atoms with Gasteiger partial charge in [0.2, 0.25) is 0 Å². The maximum atomic E-state index is 11.5. The van der Waals surface area contributed by atoms with Crippen molar-refractivity contribution in [2.24, 2.45) is 0 Å². The predicted octanol–water partition coefficient (Wildman–Crippen LogP) is 0.446. The van der Waals surface area contributed by atoms with Crippen molar-refractivity contribution < 1.29 is 19.4 Å². The number of carbonyl (C=O) groups is 2. The lowest BCUT2D eigenvalue weighted by Crippen LogP contribution is -2.48. The van der Waals surface area contributed by atoms with E-state index in [9.17, 15) is 9.59 Å². The third-order valence-corrected chi connectivity index (χ3v) is 1.28. The molecule has 90 valence electrons. The van der Waals surface area contributed by atoms with Crippen LogP contribution in [0.1, 0.15) is 20.8 Å². The van der Waals surface area contributed by atoms with Crippen molar-refractivity contribution in [3.63, 3.8) is 0 Å². The molecule has 0 aromatic heterocycles. The molecule has 16 heavy (non-hydrogen) atoms. The summed E-state index contributed by atoms with van der Waals surface area (Å²) in [5, 5.41) is 9.42. The summed E-state index contributed by atoms with van der Waals surface area (Å²) in [6.45, 7) is 4.59. The van der Waals surface area contributed by atoms with E-state index in [1.54, 1.807) is 20.8 Å². The fourth-order valence-electron chi connectivity index (χ4n) is 0.778. The minimum Gasteiger partial charge on any atom is -0.480 e. The van der Waals surface area contributed by atoms with Gasteiger partial charge in [-0.2, -0.15) is 0 Å². The minimum atomic E-state index is -1.16. The molecule has 0 aromatic carbocycles. The van der Waals surface area contributed by atoms with Gasteiger partial charge in [0.25, 0.3) is 0 Å². The summed E-state index contributed by atoms with van der Waals surface area (Å²) >= 11 is 0. The average Bonchev–Trinajstić information content (AvgIpc) is 2.08. The van der Waals surface area contributed by atoms with Crippen molar-refractivity contribution in [2.75, 3.05) is 13.1 Å². The van der Waals surface area contributed by atoms with Crippen LogP contribution in [0.5, 0.6) is 0 Å². The molecule has 0 radical (unpaired) electrons. The van der Waals surface area contributed by atoms with E-state index in [0.29, 0.717) is 0 Å². The number of nitrogens with zero attached hydrogens (tertiary/aromatic N) is 1. The number of rotatable bonds is 4. The Balaban J connectivity index is 4.44. The molecule has 0 atom stereocenters. The lowest BCUT2D eigenvalue weighted by molar-refractivity contribution is -0.139. The van der Waals surface area contributed by atoms with Gasteiger partial charge >= 0.3 is 12.1 Å². The van der Waals surface area contributed by atoms with Gasteiger partial charge in [-0.15, -0.1) is 6.42 Å². The van der Waals surface area contributed by atoms with Crippen LogP contribution < -0.4 is 5.43 Å². The first-order valence-corrected chi connectivity index (χ1v) is 4.65. The highest BCUT2D eigenvalue weighted by molar-refractivity contribution is 5.76. The highest BCUT2D eigenvalue weighted by atomic mass is 16.6. The summed E-state index contributed by atoms with van der Waals surface area (Å²) in [5.74, 6) is 1.08. The molecular formula is C10H16N2O4. The van der Waals surface area contributed by atoms with Crippen LogP contribution in [0.3, 0.4) is 0 Å². The van der Waals surface area contributed by atoms with Gasteiger partial charge < -0.3 is 9.84 Å². The normalized spacial score (nSPS) is 10.4. The SMILES string of the molecule is C#CCNN(CC(=O)O)C(=O)OC(C)(C)C. The zero-order valence-corrected chi connectivity index (χ0v) is 9.61. The van der Waals surface area contributed by atoms with Gasteiger partial charge in [0.05, 0.1) is 6.54 Å². The van der Waals surface area contributed by atoms with E-state index in [1.165, 1.54) is 0 Å². The summed E-state index contributed by atoms with van der Waals surface area (Å²) in [6, 6.07) is 0. The zero-order valence-electron chi connectivity index (χ0n) is 9.61. The molecule has 0 fully saturated rings. The van der Waals surface area contributed by atoms with Crippen molar-refractivity contribution in [3.05, 3.63) is 0 Å². The number of carboxylic acids is 1. The zero-order chi connectivity index (χ0) is 12.8. The molecule has 0 aliphatic rings. The van der Waals surface area contributed by atoms with Gasteiger partial charge in [0.1, 0.15) is 12.1 Å². The van der Waals surface area contributed by atoms with E-state index >= 15 is 0 Å². The fraction of sp³-hybridized carbons (Fsp3) is 0.600. The molecule has 0 unspecified atom stereocenters. The van der Waals surface area contributed by atoms with E-state index in [0.717, 1.165) is 5.01 Å². The first-order chi connectivity index (χ1) is 7.26. The standard InChI is InChI=1S/C10H16N2O4/c1-5-6-11-12(7-8(13)14)9(15)16-10(2,3)4/h1,11H,6-7H2,2-4H3,(H,13,14). The second-order valence-electron chi connectivity index (χ2n) is 4.00. The Morgan fingerprint density at radius 3 is 2.44 bits per heavy atom. The molecule has 0 aliphatic carbocycles. The largest absolute Gasteiger partial charge is 0.480 e. The molecule has 0 saturated carbocycles. The van der Waals surface area contributed by atoms with Crippen LogP contribution in [0, 0.1) is 12.3 Å². The number of hydrogen-bond donors (Lipinski definition) is 2. The quantitative estimate of drug-likeness (QED) is 0.539. The third kappa shape index (κ3) is 6.68. The number of aliphatic carboxylic acids is 1. The first kappa shape index (κ1) is 14.3. The van der Waals surface area contributed by atoms with Crippen LogP contribution in [0.4, 0.5) is 4.79 Å². The highest BCUT2D eigenvalue weighted by Crippen LogP contribution is 2.08. The maximum absolute atomic E-state index is 11.5. The Labute approximate surface area is 94.5 Å². The van der Waals surface area contributed by atoms with Crippen LogP contribution >= 0.6 is 0 Å². The van der Waals surface area contributed by atoms with E-state index in [4.69, 9.17) is 16.3 Å². The van der Waals surface area contributed by atoms with Crippen molar-refractivity contribution in [1.82, 2.24) is 10.4 Å². The number of hydrogen-bond acceptors (Lipinski definition) is 4. The second-order valence-corrected chi connectivity index (χ2v) is 4.00. The summed E-state index contributed by atoms with van der Waals surface area (Å²) in [5.41, 5.74) is 1.78. The molecule has 1 amide bonds. The van der Waals surface area contributed by atoms with Crippen LogP contribution in [-0.4, -0.2) is 40.9 Å². The molecule has 0 aromatic rings. The van der Waals surface area contributed by atoms with Crippen molar-refractivity contribution in [2.45, 2.75) is 26.4 Å². The lowest BCUT2D eigenvalue weighted by Gasteiger charge is -2.26. The van der Waals surface area contributed by atoms with E-state index in [2.05, 4.69) is 11.3 Å². The average molecular weight is 228 g/mol. The molecule has 0 aliphatic heterocycles. The van der Waals surface area contributed by atoms with Crippen LogP contribution in [0.2, 0.25) is 0 Å². The minimum absolute atomic E-state index is 0.0481. The number of ether oxygens (including phenoxy) is 1. The Bertz CT molecular complexity index is 301. The Morgan fingerprint density at radius 2 is 2.06 bits per heavy atom. The van der Waals surface area contributed by atoms with Gasteiger partial charge in [0, 0.05) is 0 Å². The number of carbonyl (C=O) groups excluding carboxylic acids is 1. The molecule has 6 heteroatoms. The first-order valence-electron chi connectivity index (χ1n) is 4.65. The molecular weight excluding hydrogens is 212 g/mol. The smallest absolute Gasteiger partial charge is 0.425 e. The molecule has 0 rings (SSSR count). The summed E-state index contributed by atoms with van der Waals surface area (Å²) in [6.07, 6.45) is 4.22. The van der Waals surface area contributed by atoms with Crippen LogP contribution in [-0.2, 0) is 9.53 Å². The van der Waals surface area contributed by atoms with E-state index in [-0.39, 0.29) is 6.54 Å².